The molecule has 0 bridgehead atoms. The van der Waals surface area contributed by atoms with Crippen LogP contribution in [0.2, 0.25) is 0 Å². The third-order valence-corrected chi connectivity index (χ3v) is 4.88. The fourth-order valence-corrected chi connectivity index (χ4v) is 3.17. The van der Waals surface area contributed by atoms with Crippen LogP contribution in [0, 0.1) is 20.8 Å². The normalized spacial score (nSPS) is 12.9. The molecular weight excluding hydrogens is 333 g/mol. The zero-order chi connectivity index (χ0) is 16.2. The van der Waals surface area contributed by atoms with Crippen LogP contribution >= 0.6 is 11.3 Å². The van der Waals surface area contributed by atoms with Crippen molar-refractivity contribution in [1.29, 1.82) is 0 Å². The SMILES string of the molecule is Cc1c(OS(=O)(=O)C(F)(F)F)c(C)c2sc(=O)oc2c1C. The van der Waals surface area contributed by atoms with Crippen LogP contribution in [0.4, 0.5) is 13.2 Å². The van der Waals surface area contributed by atoms with E-state index in [1.54, 1.807) is 0 Å². The van der Waals surface area contributed by atoms with Crippen LogP contribution in [0.15, 0.2) is 9.21 Å². The average molecular weight is 342 g/mol. The number of hydrogen-bond donors (Lipinski definition) is 0. The predicted octanol–water partition coefficient (Wildman–Crippen LogP) is 3.01. The summed E-state index contributed by atoms with van der Waals surface area (Å²) in [6, 6.07) is 0. The topological polar surface area (TPSA) is 73.6 Å². The molecule has 116 valence electrons. The molecule has 0 aliphatic rings. The van der Waals surface area contributed by atoms with Crippen LogP contribution in [-0.2, 0) is 10.1 Å². The lowest BCUT2D eigenvalue weighted by Crippen LogP contribution is -2.28. The monoisotopic (exact) mass is 342 g/mol. The third kappa shape index (κ3) is 2.53. The lowest BCUT2D eigenvalue weighted by molar-refractivity contribution is -0.0500. The number of hydrogen-bond acceptors (Lipinski definition) is 6. The van der Waals surface area contributed by atoms with E-state index >= 15 is 0 Å². The number of rotatable bonds is 2. The Morgan fingerprint density at radius 3 is 2.19 bits per heavy atom. The molecule has 0 aliphatic heterocycles. The summed E-state index contributed by atoms with van der Waals surface area (Å²) in [5, 5.41) is 0. The van der Waals surface area contributed by atoms with E-state index < -0.39 is 26.3 Å². The summed E-state index contributed by atoms with van der Waals surface area (Å²) in [7, 11) is -5.78. The smallest absolute Gasteiger partial charge is 0.414 e. The second kappa shape index (κ2) is 4.73. The molecule has 0 saturated carbocycles. The van der Waals surface area contributed by atoms with Gasteiger partial charge in [-0.15, -0.1) is 0 Å². The van der Waals surface area contributed by atoms with E-state index in [9.17, 15) is 26.4 Å². The summed E-state index contributed by atoms with van der Waals surface area (Å²) < 4.78 is 69.0. The van der Waals surface area contributed by atoms with Gasteiger partial charge in [0.05, 0.1) is 4.70 Å². The Labute approximate surface area is 121 Å². The van der Waals surface area contributed by atoms with Gasteiger partial charge in [0, 0.05) is 11.1 Å². The molecule has 0 atom stereocenters. The standard InChI is InChI=1S/C11H9F3O5S2/c1-4-5(2)8-9(20-10(15)18-8)6(3)7(4)19-21(16,17)11(12,13)14/h1-3H3. The third-order valence-electron chi connectivity index (χ3n) is 2.98. The summed E-state index contributed by atoms with van der Waals surface area (Å²) in [5.41, 5.74) is -4.69. The molecule has 2 aromatic rings. The van der Waals surface area contributed by atoms with Crippen molar-refractivity contribution in [2.45, 2.75) is 26.3 Å². The van der Waals surface area contributed by atoms with Crippen molar-refractivity contribution in [3.8, 4) is 5.75 Å². The van der Waals surface area contributed by atoms with Gasteiger partial charge >= 0.3 is 20.6 Å². The van der Waals surface area contributed by atoms with Crippen LogP contribution in [0.5, 0.6) is 5.75 Å². The van der Waals surface area contributed by atoms with Crippen LogP contribution in [0.25, 0.3) is 10.3 Å². The number of halogens is 3. The summed E-state index contributed by atoms with van der Waals surface area (Å²) in [4.78, 5) is 10.6. The zero-order valence-electron chi connectivity index (χ0n) is 11.0. The maximum absolute atomic E-state index is 12.4. The fourth-order valence-electron chi connectivity index (χ4n) is 1.78. The molecule has 0 unspecified atom stereocenters. The van der Waals surface area contributed by atoms with E-state index in [-0.39, 0.29) is 21.4 Å². The molecule has 1 aromatic heterocycles. The molecule has 0 aliphatic carbocycles. The average Bonchev–Trinajstić information content (AvgIpc) is 2.73. The van der Waals surface area contributed by atoms with Gasteiger partial charge in [0.15, 0.2) is 11.3 Å². The van der Waals surface area contributed by atoms with Crippen LogP contribution in [-0.4, -0.2) is 13.9 Å². The van der Waals surface area contributed by atoms with E-state index in [0.29, 0.717) is 16.9 Å². The lowest BCUT2D eigenvalue weighted by Gasteiger charge is -2.15. The van der Waals surface area contributed by atoms with Gasteiger partial charge in [-0.3, -0.25) is 0 Å². The van der Waals surface area contributed by atoms with Crippen molar-refractivity contribution in [1.82, 2.24) is 0 Å². The first-order valence-electron chi connectivity index (χ1n) is 5.50. The zero-order valence-corrected chi connectivity index (χ0v) is 12.6. The lowest BCUT2D eigenvalue weighted by atomic mass is 10.0. The molecule has 0 radical (unpaired) electrons. The van der Waals surface area contributed by atoms with E-state index in [4.69, 9.17) is 4.42 Å². The Bertz CT molecular complexity index is 874. The highest BCUT2D eigenvalue weighted by atomic mass is 32.2. The van der Waals surface area contributed by atoms with Crippen molar-refractivity contribution in [3.05, 3.63) is 26.4 Å². The summed E-state index contributed by atoms with van der Waals surface area (Å²) in [6.45, 7) is 4.25. The Balaban J connectivity index is 2.74. The molecule has 0 spiro atoms. The maximum Gasteiger partial charge on any atom is 0.534 e. The van der Waals surface area contributed by atoms with Crippen molar-refractivity contribution >= 4 is 31.7 Å². The second-order valence-corrected chi connectivity index (χ2v) is 6.78. The highest BCUT2D eigenvalue weighted by molar-refractivity contribution is 7.88. The molecular formula is C11H9F3O5S2. The molecule has 0 amide bonds. The summed E-state index contributed by atoms with van der Waals surface area (Å²) in [6.07, 6.45) is 0. The maximum atomic E-state index is 12.4. The molecule has 0 N–H and O–H groups in total. The first-order chi connectivity index (χ1) is 9.45. The van der Waals surface area contributed by atoms with E-state index in [2.05, 4.69) is 4.18 Å². The molecule has 10 heteroatoms. The molecule has 0 fully saturated rings. The first kappa shape index (κ1) is 15.8. The van der Waals surface area contributed by atoms with E-state index in [0.717, 1.165) is 0 Å². The largest absolute Gasteiger partial charge is 0.534 e. The molecule has 2 rings (SSSR count). The Morgan fingerprint density at radius 1 is 1.10 bits per heavy atom. The minimum atomic E-state index is -5.78. The minimum Gasteiger partial charge on any atom is -0.414 e. The van der Waals surface area contributed by atoms with E-state index in [1.807, 2.05) is 0 Å². The van der Waals surface area contributed by atoms with Gasteiger partial charge in [-0.25, -0.2) is 4.79 Å². The van der Waals surface area contributed by atoms with Gasteiger partial charge in [-0.1, -0.05) is 11.3 Å². The van der Waals surface area contributed by atoms with Gasteiger partial charge in [0.25, 0.3) is 0 Å². The second-order valence-electron chi connectivity index (χ2n) is 4.30. The highest BCUT2D eigenvalue weighted by Gasteiger charge is 2.49. The number of fused-ring (bicyclic) bond motifs is 1. The Morgan fingerprint density at radius 2 is 1.67 bits per heavy atom. The van der Waals surface area contributed by atoms with Crippen LogP contribution in [0.1, 0.15) is 16.7 Å². The predicted molar refractivity (Wildman–Crippen MR) is 70.2 cm³/mol. The quantitative estimate of drug-likeness (QED) is 0.620. The molecule has 21 heavy (non-hydrogen) atoms. The van der Waals surface area contributed by atoms with Crippen molar-refractivity contribution in [3.63, 3.8) is 0 Å². The molecule has 0 saturated heterocycles. The number of alkyl halides is 3. The van der Waals surface area contributed by atoms with Gasteiger partial charge in [0.2, 0.25) is 0 Å². The van der Waals surface area contributed by atoms with Gasteiger partial charge in [-0.05, 0) is 26.3 Å². The van der Waals surface area contributed by atoms with Crippen LogP contribution in [0.3, 0.4) is 0 Å². The number of aryl methyl sites for hydroxylation is 2. The number of benzene rings is 1. The van der Waals surface area contributed by atoms with Gasteiger partial charge in [0.1, 0.15) is 0 Å². The molecule has 5 nitrogen and oxygen atoms in total. The molecule has 1 aromatic carbocycles. The summed E-state index contributed by atoms with van der Waals surface area (Å²) >= 11 is 0.671. The highest BCUT2D eigenvalue weighted by Crippen LogP contribution is 2.38. The van der Waals surface area contributed by atoms with Crippen molar-refractivity contribution in [2.75, 3.05) is 0 Å². The first-order valence-corrected chi connectivity index (χ1v) is 7.72. The van der Waals surface area contributed by atoms with Crippen molar-refractivity contribution < 1.29 is 30.2 Å². The Hall–Kier alpha value is -1.55. The fraction of sp³-hybridized carbons (Fsp3) is 0.364. The van der Waals surface area contributed by atoms with Crippen LogP contribution < -0.4 is 9.12 Å². The minimum absolute atomic E-state index is 0.108. The van der Waals surface area contributed by atoms with Gasteiger partial charge in [-0.2, -0.15) is 21.6 Å². The van der Waals surface area contributed by atoms with Crippen molar-refractivity contribution in [2.24, 2.45) is 0 Å². The summed E-state index contributed by atoms with van der Waals surface area (Å²) in [5.74, 6) is -0.436. The van der Waals surface area contributed by atoms with E-state index in [1.165, 1.54) is 20.8 Å². The molecule has 1 heterocycles. The Kier molecular flexibility index (Phi) is 3.57. The van der Waals surface area contributed by atoms with Gasteiger partial charge < -0.3 is 8.60 Å².